The van der Waals surface area contributed by atoms with Gasteiger partial charge in [-0.05, 0) is 51.3 Å². The molecule has 4 nitrogen and oxygen atoms in total. The molecule has 158 valence electrons. The van der Waals surface area contributed by atoms with Gasteiger partial charge in [0.2, 0.25) is 5.69 Å². The number of ether oxygens (including phenoxy) is 1. The SMILES string of the molecule is CCCCCCCCCc1cccc([NH+]=C(O)O[C@@H](C)CN2CCCCC2)c1. The van der Waals surface area contributed by atoms with Crippen LogP contribution in [-0.4, -0.2) is 41.8 Å². The molecule has 0 spiro atoms. The second-order valence-electron chi connectivity index (χ2n) is 8.29. The smallest absolute Gasteiger partial charge is 0.430 e. The van der Waals surface area contributed by atoms with Gasteiger partial charge in [-0.3, -0.25) is 4.90 Å². The van der Waals surface area contributed by atoms with Crippen molar-refractivity contribution in [3.05, 3.63) is 29.8 Å². The fourth-order valence-electron chi connectivity index (χ4n) is 3.98. The zero-order chi connectivity index (χ0) is 20.0. The van der Waals surface area contributed by atoms with Gasteiger partial charge < -0.3 is 9.84 Å². The number of aliphatic hydroxyl groups excluding tert-OH is 1. The number of unbranched alkanes of at least 4 members (excludes halogenated alkanes) is 6. The molecule has 1 heterocycles. The van der Waals surface area contributed by atoms with Gasteiger partial charge in [-0.2, -0.15) is 0 Å². The molecule has 2 N–H and O–H groups in total. The molecule has 1 aromatic carbocycles. The number of aryl methyl sites for hydroxylation is 1. The summed E-state index contributed by atoms with van der Waals surface area (Å²) in [5.41, 5.74) is 2.20. The second kappa shape index (κ2) is 13.6. The lowest BCUT2D eigenvalue weighted by molar-refractivity contribution is -0.383. The van der Waals surface area contributed by atoms with Crippen molar-refractivity contribution in [3.8, 4) is 0 Å². The highest BCUT2D eigenvalue weighted by Crippen LogP contribution is 2.12. The molecule has 1 aliphatic heterocycles. The van der Waals surface area contributed by atoms with Gasteiger partial charge in [0.05, 0.1) is 0 Å². The normalized spacial score (nSPS) is 16.9. The molecular formula is C24H41N2O2+. The van der Waals surface area contributed by atoms with Crippen molar-refractivity contribution in [2.45, 2.75) is 90.6 Å². The highest BCUT2D eigenvalue weighted by molar-refractivity contribution is 5.59. The zero-order valence-corrected chi connectivity index (χ0v) is 18.1. The largest absolute Gasteiger partial charge is 0.551 e. The first-order chi connectivity index (χ1) is 13.7. The number of likely N-dealkylation sites (tertiary alicyclic amines) is 1. The van der Waals surface area contributed by atoms with E-state index in [1.165, 1.54) is 69.8 Å². The van der Waals surface area contributed by atoms with Crippen molar-refractivity contribution in [2.75, 3.05) is 19.6 Å². The Morgan fingerprint density at radius 3 is 2.54 bits per heavy atom. The van der Waals surface area contributed by atoms with Crippen LogP contribution in [0.15, 0.2) is 24.3 Å². The molecule has 0 amide bonds. The summed E-state index contributed by atoms with van der Waals surface area (Å²) < 4.78 is 5.66. The Hall–Kier alpha value is -1.55. The average molecular weight is 390 g/mol. The molecule has 0 bridgehead atoms. The number of rotatable bonds is 12. The van der Waals surface area contributed by atoms with E-state index in [0.717, 1.165) is 31.7 Å². The first-order valence-corrected chi connectivity index (χ1v) is 11.5. The van der Waals surface area contributed by atoms with E-state index in [9.17, 15) is 5.11 Å². The number of nitrogens with one attached hydrogen (secondary N) is 1. The molecule has 0 saturated carbocycles. The zero-order valence-electron chi connectivity index (χ0n) is 18.1. The summed E-state index contributed by atoms with van der Waals surface area (Å²) in [5.74, 6) is 0. The van der Waals surface area contributed by atoms with Crippen LogP contribution in [0.25, 0.3) is 0 Å². The van der Waals surface area contributed by atoms with Gasteiger partial charge in [0.15, 0.2) is 0 Å². The molecule has 28 heavy (non-hydrogen) atoms. The Bertz CT molecular complexity index is 567. The van der Waals surface area contributed by atoms with Crippen LogP contribution in [0.2, 0.25) is 0 Å². The highest BCUT2D eigenvalue weighted by atomic mass is 16.6. The van der Waals surface area contributed by atoms with Crippen LogP contribution in [-0.2, 0) is 11.2 Å². The quantitative estimate of drug-likeness (QED) is 0.314. The summed E-state index contributed by atoms with van der Waals surface area (Å²) in [7, 11) is 0. The highest BCUT2D eigenvalue weighted by Gasteiger charge is 2.17. The van der Waals surface area contributed by atoms with Crippen LogP contribution >= 0.6 is 0 Å². The third kappa shape index (κ3) is 9.59. The van der Waals surface area contributed by atoms with Crippen LogP contribution in [0, 0.1) is 0 Å². The van der Waals surface area contributed by atoms with Gasteiger partial charge in [-0.15, -0.1) is 4.99 Å². The number of nitrogens with zero attached hydrogens (tertiary/aromatic N) is 1. The molecule has 1 fully saturated rings. The molecule has 2 rings (SSSR count). The van der Waals surface area contributed by atoms with Gasteiger partial charge in [0.25, 0.3) is 0 Å². The van der Waals surface area contributed by atoms with Crippen LogP contribution in [0.4, 0.5) is 5.69 Å². The van der Waals surface area contributed by atoms with Crippen molar-refractivity contribution >= 4 is 11.8 Å². The summed E-state index contributed by atoms with van der Waals surface area (Å²) >= 11 is 0. The number of hydrogen-bond donors (Lipinski definition) is 2. The maximum Gasteiger partial charge on any atom is 0.551 e. The van der Waals surface area contributed by atoms with Gasteiger partial charge in [0, 0.05) is 18.7 Å². The number of piperidine rings is 1. The lowest BCUT2D eigenvalue weighted by atomic mass is 10.0. The maximum atomic E-state index is 10.2. The van der Waals surface area contributed by atoms with Crippen molar-refractivity contribution in [3.63, 3.8) is 0 Å². The van der Waals surface area contributed by atoms with Crippen molar-refractivity contribution in [1.82, 2.24) is 4.90 Å². The summed E-state index contributed by atoms with van der Waals surface area (Å²) in [6, 6.07) is 8.30. The van der Waals surface area contributed by atoms with Crippen LogP contribution in [0.1, 0.15) is 83.6 Å². The van der Waals surface area contributed by atoms with E-state index in [1.54, 1.807) is 0 Å². The first kappa shape index (κ1) is 22.7. The maximum absolute atomic E-state index is 10.2. The van der Waals surface area contributed by atoms with Crippen molar-refractivity contribution < 1.29 is 14.8 Å². The van der Waals surface area contributed by atoms with Crippen LogP contribution in [0.3, 0.4) is 0 Å². The molecule has 0 aliphatic carbocycles. The Morgan fingerprint density at radius 1 is 1.07 bits per heavy atom. The van der Waals surface area contributed by atoms with Crippen molar-refractivity contribution in [1.29, 1.82) is 0 Å². The lowest BCUT2D eigenvalue weighted by Crippen LogP contribution is -2.67. The molecule has 1 atom stereocenters. The Morgan fingerprint density at radius 2 is 1.79 bits per heavy atom. The number of hydrogen-bond acceptors (Lipinski definition) is 2. The third-order valence-electron chi connectivity index (χ3n) is 5.52. The lowest BCUT2D eigenvalue weighted by Gasteiger charge is -2.28. The number of aliphatic hydroxyl groups is 1. The fourth-order valence-corrected chi connectivity index (χ4v) is 3.98. The molecule has 1 saturated heterocycles. The molecule has 1 aliphatic rings. The predicted octanol–water partition coefficient (Wildman–Crippen LogP) is 4.50. The minimum atomic E-state index is -0.0995. The minimum absolute atomic E-state index is 0.0264. The fraction of sp³-hybridized carbons (Fsp3) is 0.708. The topological polar surface area (TPSA) is 46.7 Å². The van der Waals surface area contributed by atoms with Crippen LogP contribution < -0.4 is 4.99 Å². The monoisotopic (exact) mass is 389 g/mol. The van der Waals surface area contributed by atoms with Gasteiger partial charge >= 0.3 is 6.08 Å². The van der Waals surface area contributed by atoms with E-state index in [-0.39, 0.29) is 12.2 Å². The molecule has 0 aromatic heterocycles. The van der Waals surface area contributed by atoms with E-state index in [0.29, 0.717) is 0 Å². The van der Waals surface area contributed by atoms with E-state index in [2.05, 4.69) is 28.9 Å². The van der Waals surface area contributed by atoms with E-state index >= 15 is 0 Å². The summed E-state index contributed by atoms with van der Waals surface area (Å²) in [6.07, 6.45) is 14.1. The predicted molar refractivity (Wildman–Crippen MR) is 117 cm³/mol. The van der Waals surface area contributed by atoms with Crippen molar-refractivity contribution in [2.24, 2.45) is 0 Å². The van der Waals surface area contributed by atoms with Gasteiger partial charge in [-0.1, -0.05) is 64.0 Å². The van der Waals surface area contributed by atoms with Gasteiger partial charge in [0.1, 0.15) is 6.10 Å². The Balaban J connectivity index is 1.72. The van der Waals surface area contributed by atoms with E-state index < -0.39 is 0 Å². The summed E-state index contributed by atoms with van der Waals surface area (Å²) in [6.45, 7) is 7.43. The van der Waals surface area contributed by atoms with E-state index in [1.807, 2.05) is 19.1 Å². The molecule has 1 aromatic rings. The molecule has 0 radical (unpaired) electrons. The molecule has 4 heteroatoms. The molecular weight excluding hydrogens is 348 g/mol. The average Bonchev–Trinajstić information content (AvgIpc) is 2.68. The number of benzene rings is 1. The summed E-state index contributed by atoms with van der Waals surface area (Å²) in [4.78, 5) is 5.43. The first-order valence-electron chi connectivity index (χ1n) is 11.5. The summed E-state index contributed by atoms with van der Waals surface area (Å²) in [5, 5.41) is 10.2. The second-order valence-corrected chi connectivity index (χ2v) is 8.29. The minimum Gasteiger partial charge on any atom is -0.430 e. The standard InChI is InChI=1S/C24H40N2O2/c1-3-4-5-6-7-8-10-14-22-15-13-16-23(19-22)25-24(27)28-21(2)20-26-17-11-9-12-18-26/h13,15-16,19,21H,3-12,14,17-18,20H2,1-2H3,(H,25,27)/p+1/t21-/m0/s1. The molecule has 0 unspecified atom stereocenters. The Kier molecular flexibility index (Phi) is 11.0. The Labute approximate surface area is 172 Å². The third-order valence-corrected chi connectivity index (χ3v) is 5.52. The van der Waals surface area contributed by atoms with Gasteiger partial charge in [-0.25, -0.2) is 0 Å². The van der Waals surface area contributed by atoms with Crippen LogP contribution in [0.5, 0.6) is 0 Å². The van der Waals surface area contributed by atoms with E-state index in [4.69, 9.17) is 4.74 Å².